The van der Waals surface area contributed by atoms with Crippen LogP contribution in [0.1, 0.15) is 5.01 Å². The fourth-order valence-corrected chi connectivity index (χ4v) is 2.02. The monoisotopic (exact) mass is 366 g/mol. The fraction of sp³-hybridized carbons (Fsp3) is 0.100. The van der Waals surface area contributed by atoms with Crippen LogP contribution in [0.2, 0.25) is 0 Å². The van der Waals surface area contributed by atoms with Gasteiger partial charge in [-0.15, -0.1) is 0 Å². The average Bonchev–Trinajstić information content (AvgIpc) is 2.66. The summed E-state index contributed by atoms with van der Waals surface area (Å²) in [6.45, 7) is 0.767. The molecule has 1 aromatic heterocycles. The van der Waals surface area contributed by atoms with Crippen molar-refractivity contribution < 1.29 is 49.8 Å². The van der Waals surface area contributed by atoms with Gasteiger partial charge in [-0.3, -0.25) is 0 Å². The van der Waals surface area contributed by atoms with Gasteiger partial charge >= 0.3 is 0 Å². The quantitative estimate of drug-likeness (QED) is 0.547. The van der Waals surface area contributed by atoms with Crippen LogP contribution >= 0.6 is 11.3 Å². The molecule has 3 nitrogen and oxygen atoms in total. The van der Waals surface area contributed by atoms with Crippen molar-refractivity contribution in [1.82, 2.24) is 0 Å². The standard InChI is InChI=1S/C10H10N2OS.2BrH/c11-5-10-12-9(6-14-10)7-2-1-3-8(13)4-7;;/h1-4,6,13H,5,11H2;2*1H. The van der Waals surface area contributed by atoms with E-state index >= 15 is 0 Å². The Morgan fingerprint density at radius 1 is 1.31 bits per heavy atom. The lowest BCUT2D eigenvalue weighted by atomic mass is 10.2. The summed E-state index contributed by atoms with van der Waals surface area (Å²) < 4.78 is 0. The van der Waals surface area contributed by atoms with Crippen molar-refractivity contribution in [2.24, 2.45) is 0 Å². The number of nitrogens with one attached hydrogen (secondary N) is 1. The number of H-pyrrole nitrogens is 1. The number of aromatic nitrogens is 1. The molecule has 0 bridgehead atoms. The van der Waals surface area contributed by atoms with E-state index in [1.54, 1.807) is 23.5 Å². The molecule has 1 heterocycles. The van der Waals surface area contributed by atoms with E-state index in [0.29, 0.717) is 5.75 Å². The third-order valence-corrected chi connectivity index (χ3v) is 2.92. The van der Waals surface area contributed by atoms with Gasteiger partial charge in [0.15, 0.2) is 6.54 Å². The van der Waals surface area contributed by atoms with Crippen molar-refractivity contribution in [2.75, 3.05) is 0 Å². The minimum Gasteiger partial charge on any atom is -1.00 e. The van der Waals surface area contributed by atoms with E-state index in [0.717, 1.165) is 22.8 Å². The third kappa shape index (κ3) is 3.55. The summed E-state index contributed by atoms with van der Waals surface area (Å²) in [5.74, 6) is 0.290. The molecule has 0 saturated heterocycles. The lowest BCUT2D eigenvalue weighted by molar-refractivity contribution is -0.445. The van der Waals surface area contributed by atoms with Crippen molar-refractivity contribution >= 4 is 11.3 Å². The van der Waals surface area contributed by atoms with Crippen LogP contribution in [0.3, 0.4) is 0 Å². The largest absolute Gasteiger partial charge is 1.00 e. The number of rotatable bonds is 2. The molecule has 5 N–H and O–H groups in total. The number of thiazole rings is 1. The van der Waals surface area contributed by atoms with Gasteiger partial charge in [-0.2, -0.15) is 4.98 Å². The van der Waals surface area contributed by atoms with Crippen LogP contribution < -0.4 is 44.7 Å². The Morgan fingerprint density at radius 3 is 2.62 bits per heavy atom. The van der Waals surface area contributed by atoms with Gasteiger partial charge in [0.25, 0.3) is 5.01 Å². The molecule has 2 rings (SSSR count). The van der Waals surface area contributed by atoms with E-state index in [4.69, 9.17) is 0 Å². The Labute approximate surface area is 119 Å². The second-order valence-corrected chi connectivity index (χ2v) is 3.96. The summed E-state index contributed by atoms with van der Waals surface area (Å²) in [4.78, 5) is 3.25. The van der Waals surface area contributed by atoms with Crippen molar-refractivity contribution in [3.63, 3.8) is 0 Å². The number of phenols is 1. The highest BCUT2D eigenvalue weighted by Crippen LogP contribution is 2.21. The van der Waals surface area contributed by atoms with Gasteiger partial charge in [0.1, 0.15) is 5.75 Å². The summed E-state index contributed by atoms with van der Waals surface area (Å²) in [5, 5.41) is 12.5. The minimum atomic E-state index is 0. The maximum atomic E-state index is 9.32. The molecule has 0 spiro atoms. The van der Waals surface area contributed by atoms with E-state index in [1.807, 2.05) is 17.5 Å². The second-order valence-electron chi connectivity index (χ2n) is 3.00. The number of aromatic hydroxyl groups is 1. The molecule has 0 aliphatic rings. The molecule has 2 aromatic rings. The summed E-state index contributed by atoms with van der Waals surface area (Å²) >= 11 is 1.65. The third-order valence-electron chi connectivity index (χ3n) is 1.98. The number of aromatic amines is 1. The molecule has 0 aliphatic heterocycles. The van der Waals surface area contributed by atoms with Crippen molar-refractivity contribution in [2.45, 2.75) is 6.54 Å². The van der Waals surface area contributed by atoms with Crippen LogP contribution in [0.15, 0.2) is 29.6 Å². The smallest absolute Gasteiger partial charge is 0.291 e. The Bertz CT molecular complexity index is 448. The molecule has 16 heavy (non-hydrogen) atoms. The van der Waals surface area contributed by atoms with Crippen LogP contribution in [0, 0.1) is 0 Å². The molecular weight excluding hydrogens is 356 g/mol. The van der Waals surface area contributed by atoms with Gasteiger partial charge in [-0.1, -0.05) is 17.4 Å². The maximum Gasteiger partial charge on any atom is 0.291 e. The molecule has 0 unspecified atom stereocenters. The SMILES string of the molecule is [Br-].[Br-].[NH3+]Cc1[nH+]c(-c2cccc(O)c2)cs1. The number of hydrogen-bond donors (Lipinski definition) is 2. The van der Waals surface area contributed by atoms with Crippen LogP contribution in [0.5, 0.6) is 5.75 Å². The number of phenolic OH excluding ortho intramolecular Hbond substituents is 1. The first kappa shape index (κ1) is 15.6. The van der Waals surface area contributed by atoms with Gasteiger partial charge in [0.2, 0.25) is 5.69 Å². The molecule has 0 radical (unpaired) electrons. The van der Waals surface area contributed by atoms with Gasteiger partial charge < -0.3 is 44.8 Å². The Hall–Kier alpha value is -0.430. The molecule has 0 aliphatic carbocycles. The van der Waals surface area contributed by atoms with Gasteiger partial charge in [0.05, 0.1) is 10.9 Å². The molecular formula is C10H12Br2N2OS. The number of halogens is 2. The van der Waals surface area contributed by atoms with Gasteiger partial charge in [0, 0.05) is 0 Å². The molecule has 88 valence electrons. The highest BCUT2D eigenvalue weighted by Gasteiger charge is 2.11. The predicted molar refractivity (Wildman–Crippen MR) is 54.6 cm³/mol. The zero-order chi connectivity index (χ0) is 9.97. The average molecular weight is 368 g/mol. The van der Waals surface area contributed by atoms with E-state index in [2.05, 4.69) is 10.7 Å². The number of benzene rings is 1. The van der Waals surface area contributed by atoms with Crippen LogP contribution in [0.4, 0.5) is 0 Å². The zero-order valence-electron chi connectivity index (χ0n) is 8.41. The van der Waals surface area contributed by atoms with Crippen molar-refractivity contribution in [3.05, 3.63) is 34.7 Å². The minimum absolute atomic E-state index is 0. The van der Waals surface area contributed by atoms with E-state index in [1.165, 1.54) is 0 Å². The molecule has 0 saturated carbocycles. The van der Waals surface area contributed by atoms with E-state index < -0.39 is 0 Å². The van der Waals surface area contributed by atoms with E-state index in [-0.39, 0.29) is 34.0 Å². The maximum absolute atomic E-state index is 9.32. The molecule has 1 aromatic carbocycles. The first-order valence-corrected chi connectivity index (χ1v) is 5.26. The Kier molecular flexibility index (Phi) is 6.82. The second kappa shape index (κ2) is 7.01. The van der Waals surface area contributed by atoms with Crippen LogP contribution in [0.25, 0.3) is 11.3 Å². The van der Waals surface area contributed by atoms with E-state index in [9.17, 15) is 5.11 Å². The molecule has 0 fully saturated rings. The first-order valence-electron chi connectivity index (χ1n) is 4.38. The Morgan fingerprint density at radius 2 is 2.06 bits per heavy atom. The summed E-state index contributed by atoms with van der Waals surface area (Å²) in [7, 11) is 0. The normalized spacial score (nSPS) is 9.06. The highest BCUT2D eigenvalue weighted by atomic mass is 79.9. The Balaban J connectivity index is 0.00000112. The zero-order valence-corrected chi connectivity index (χ0v) is 12.4. The summed E-state index contributed by atoms with van der Waals surface area (Å²) in [6.07, 6.45) is 0. The first-order chi connectivity index (χ1) is 6.79. The predicted octanol–water partition coefficient (Wildman–Crippen LogP) is -5.32. The van der Waals surface area contributed by atoms with Crippen molar-refractivity contribution in [3.8, 4) is 17.0 Å². The van der Waals surface area contributed by atoms with Gasteiger partial charge in [-0.05, 0) is 18.2 Å². The molecule has 0 amide bonds. The highest BCUT2D eigenvalue weighted by molar-refractivity contribution is 7.09. The van der Waals surface area contributed by atoms with Crippen LogP contribution in [-0.2, 0) is 6.54 Å². The lowest BCUT2D eigenvalue weighted by Crippen LogP contribution is -3.00. The summed E-state index contributed by atoms with van der Waals surface area (Å²) in [6, 6.07) is 7.20. The number of quaternary nitrogens is 1. The van der Waals surface area contributed by atoms with Crippen molar-refractivity contribution in [1.29, 1.82) is 0 Å². The molecule has 6 heteroatoms. The topological polar surface area (TPSA) is 62.0 Å². The summed E-state index contributed by atoms with van der Waals surface area (Å²) in [5.41, 5.74) is 5.84. The lowest BCUT2D eigenvalue weighted by Gasteiger charge is -1.92. The van der Waals surface area contributed by atoms with Gasteiger partial charge in [-0.25, -0.2) is 0 Å². The fourth-order valence-electron chi connectivity index (χ4n) is 1.27. The van der Waals surface area contributed by atoms with Crippen LogP contribution in [-0.4, -0.2) is 5.11 Å². The number of hydrogen-bond acceptors (Lipinski definition) is 2. The molecule has 0 atom stereocenters.